The maximum Gasteiger partial charge on any atom is 0.251 e. The number of anilines is 2. The molecule has 3 N–H and O–H groups in total. The van der Waals surface area contributed by atoms with Crippen LogP contribution in [0, 0.1) is 0 Å². The first-order valence-electron chi connectivity index (χ1n) is 5.49. The van der Waals surface area contributed by atoms with Gasteiger partial charge in [0.15, 0.2) is 0 Å². The molecule has 1 aromatic rings. The van der Waals surface area contributed by atoms with E-state index in [2.05, 4.69) is 5.32 Å². The fourth-order valence-electron chi connectivity index (χ4n) is 1.82. The first-order chi connectivity index (χ1) is 8.49. The lowest BCUT2D eigenvalue weighted by Crippen LogP contribution is -2.35. The zero-order chi connectivity index (χ0) is 13.3. The number of nitrogens with one attached hydrogen (secondary N) is 1. The van der Waals surface area contributed by atoms with E-state index in [-0.39, 0.29) is 18.2 Å². The summed E-state index contributed by atoms with van der Waals surface area (Å²) in [6.07, 6.45) is 0.0340. The summed E-state index contributed by atoms with van der Waals surface area (Å²) < 4.78 is 0. The highest BCUT2D eigenvalue weighted by atomic mass is 16.2. The molecule has 2 rings (SSSR count). The van der Waals surface area contributed by atoms with Gasteiger partial charge in [0, 0.05) is 12.6 Å². The zero-order valence-corrected chi connectivity index (χ0v) is 9.84. The third-order valence-electron chi connectivity index (χ3n) is 2.63. The summed E-state index contributed by atoms with van der Waals surface area (Å²) in [4.78, 5) is 35.2. The molecule has 0 radical (unpaired) electrons. The summed E-state index contributed by atoms with van der Waals surface area (Å²) in [5.41, 5.74) is 6.59. The number of amides is 3. The Morgan fingerprint density at radius 3 is 2.39 bits per heavy atom. The van der Waals surface area contributed by atoms with Crippen LogP contribution in [0.15, 0.2) is 24.3 Å². The van der Waals surface area contributed by atoms with Crippen molar-refractivity contribution in [2.45, 2.75) is 19.4 Å². The van der Waals surface area contributed by atoms with E-state index < -0.39 is 11.9 Å². The van der Waals surface area contributed by atoms with E-state index in [0.29, 0.717) is 11.4 Å². The van der Waals surface area contributed by atoms with Gasteiger partial charge in [-0.1, -0.05) is 0 Å². The molecule has 18 heavy (non-hydrogen) atoms. The largest absolute Gasteiger partial charge is 0.326 e. The summed E-state index contributed by atoms with van der Waals surface area (Å²) in [5, 5.41) is 2.60. The highest BCUT2D eigenvalue weighted by Crippen LogP contribution is 2.23. The lowest BCUT2D eigenvalue weighted by Gasteiger charge is -2.14. The van der Waals surface area contributed by atoms with E-state index in [9.17, 15) is 14.4 Å². The molecule has 1 saturated heterocycles. The van der Waals surface area contributed by atoms with Crippen LogP contribution >= 0.6 is 0 Å². The summed E-state index contributed by atoms with van der Waals surface area (Å²) in [7, 11) is 0. The average molecular weight is 247 g/mol. The van der Waals surface area contributed by atoms with Crippen LogP contribution in [0.4, 0.5) is 11.4 Å². The molecule has 1 atom stereocenters. The molecule has 0 bridgehead atoms. The molecule has 1 aliphatic heterocycles. The topological polar surface area (TPSA) is 92.5 Å². The predicted octanol–water partition coefficient (Wildman–Crippen LogP) is 0.236. The zero-order valence-electron chi connectivity index (χ0n) is 9.84. The molecule has 0 saturated carbocycles. The van der Waals surface area contributed by atoms with Gasteiger partial charge in [-0.05, 0) is 24.3 Å². The average Bonchev–Trinajstić information content (AvgIpc) is 2.54. The van der Waals surface area contributed by atoms with Crippen molar-refractivity contribution in [3.63, 3.8) is 0 Å². The minimum atomic E-state index is -0.757. The van der Waals surface area contributed by atoms with Gasteiger partial charge in [0.2, 0.25) is 11.8 Å². The van der Waals surface area contributed by atoms with Gasteiger partial charge in [-0.2, -0.15) is 0 Å². The van der Waals surface area contributed by atoms with E-state index in [4.69, 9.17) is 5.73 Å². The van der Waals surface area contributed by atoms with Gasteiger partial charge < -0.3 is 11.1 Å². The van der Waals surface area contributed by atoms with Crippen LogP contribution in [0.1, 0.15) is 13.3 Å². The summed E-state index contributed by atoms with van der Waals surface area (Å²) in [5.74, 6) is -0.884. The number of benzene rings is 1. The Kier molecular flexibility index (Phi) is 3.12. The van der Waals surface area contributed by atoms with Crippen molar-refractivity contribution < 1.29 is 14.4 Å². The third kappa shape index (κ3) is 2.23. The maximum absolute atomic E-state index is 11.7. The molecule has 3 amide bonds. The number of rotatable bonds is 2. The molecule has 0 unspecified atom stereocenters. The van der Waals surface area contributed by atoms with Crippen molar-refractivity contribution in [1.82, 2.24) is 0 Å². The molecule has 6 heteroatoms. The van der Waals surface area contributed by atoms with Crippen molar-refractivity contribution in [2.24, 2.45) is 5.73 Å². The first-order valence-corrected chi connectivity index (χ1v) is 5.49. The van der Waals surface area contributed by atoms with Crippen LogP contribution < -0.4 is 16.0 Å². The number of imide groups is 1. The Morgan fingerprint density at radius 2 is 1.94 bits per heavy atom. The first kappa shape index (κ1) is 12.3. The molecular formula is C12H13N3O3. The molecule has 94 valence electrons. The molecule has 0 aromatic heterocycles. The Balaban J connectivity index is 2.22. The highest BCUT2D eigenvalue weighted by molar-refractivity contribution is 6.22. The number of carbonyl (C=O) groups is 3. The second-order valence-electron chi connectivity index (χ2n) is 4.11. The van der Waals surface area contributed by atoms with Gasteiger partial charge in [-0.3, -0.25) is 14.4 Å². The standard InChI is InChI=1S/C12H13N3O3/c1-7(16)14-8-2-4-9(5-3-8)15-11(17)6-10(13)12(15)18/h2-5,10H,6,13H2,1H3,(H,14,16)/t10-/m0/s1. The second-order valence-corrected chi connectivity index (χ2v) is 4.11. The third-order valence-corrected chi connectivity index (χ3v) is 2.63. The minimum absolute atomic E-state index is 0.0340. The SMILES string of the molecule is CC(=O)Nc1ccc(N2C(=O)C[C@H](N)C2=O)cc1. The Labute approximate surface area is 104 Å². The van der Waals surface area contributed by atoms with Gasteiger partial charge >= 0.3 is 0 Å². The van der Waals surface area contributed by atoms with Gasteiger partial charge in [-0.15, -0.1) is 0 Å². The molecule has 1 fully saturated rings. The second kappa shape index (κ2) is 4.58. The van der Waals surface area contributed by atoms with Gasteiger partial charge in [0.05, 0.1) is 18.2 Å². The van der Waals surface area contributed by atoms with Crippen molar-refractivity contribution in [2.75, 3.05) is 10.2 Å². The van der Waals surface area contributed by atoms with Gasteiger partial charge in [0.1, 0.15) is 0 Å². The monoisotopic (exact) mass is 247 g/mol. The quantitative estimate of drug-likeness (QED) is 0.732. The van der Waals surface area contributed by atoms with Crippen molar-refractivity contribution in [3.05, 3.63) is 24.3 Å². The number of nitrogens with two attached hydrogens (primary N) is 1. The number of hydrogen-bond acceptors (Lipinski definition) is 4. The van der Waals surface area contributed by atoms with Crippen LogP contribution in [-0.4, -0.2) is 23.8 Å². The lowest BCUT2D eigenvalue weighted by molar-refractivity contribution is -0.121. The van der Waals surface area contributed by atoms with E-state index in [1.54, 1.807) is 24.3 Å². The molecular weight excluding hydrogens is 234 g/mol. The normalized spacial score (nSPS) is 19.2. The van der Waals surface area contributed by atoms with Crippen LogP contribution in [0.3, 0.4) is 0 Å². The lowest BCUT2D eigenvalue weighted by atomic mass is 10.2. The van der Waals surface area contributed by atoms with Gasteiger partial charge in [0.25, 0.3) is 5.91 Å². The highest BCUT2D eigenvalue weighted by Gasteiger charge is 2.37. The number of carbonyl (C=O) groups excluding carboxylic acids is 3. The van der Waals surface area contributed by atoms with Crippen LogP contribution in [0.5, 0.6) is 0 Å². The Bertz CT molecular complexity index is 510. The Morgan fingerprint density at radius 1 is 1.33 bits per heavy atom. The molecule has 1 aliphatic rings. The Hall–Kier alpha value is -2.21. The molecule has 1 heterocycles. The van der Waals surface area contributed by atoms with Crippen LogP contribution in [0.2, 0.25) is 0 Å². The minimum Gasteiger partial charge on any atom is -0.326 e. The van der Waals surface area contributed by atoms with Crippen LogP contribution in [-0.2, 0) is 14.4 Å². The van der Waals surface area contributed by atoms with Crippen molar-refractivity contribution >= 4 is 29.1 Å². The van der Waals surface area contributed by atoms with Gasteiger partial charge in [-0.25, -0.2) is 4.90 Å². The molecule has 0 aliphatic carbocycles. The predicted molar refractivity (Wildman–Crippen MR) is 65.8 cm³/mol. The molecule has 1 aromatic carbocycles. The molecule has 6 nitrogen and oxygen atoms in total. The number of hydrogen-bond donors (Lipinski definition) is 2. The maximum atomic E-state index is 11.7. The summed E-state index contributed by atoms with van der Waals surface area (Å²) in [6.45, 7) is 1.40. The van der Waals surface area contributed by atoms with E-state index >= 15 is 0 Å². The van der Waals surface area contributed by atoms with E-state index in [0.717, 1.165) is 4.90 Å². The molecule has 0 spiro atoms. The summed E-state index contributed by atoms with van der Waals surface area (Å²) >= 11 is 0. The van der Waals surface area contributed by atoms with Crippen molar-refractivity contribution in [3.8, 4) is 0 Å². The fourth-order valence-corrected chi connectivity index (χ4v) is 1.82. The van der Waals surface area contributed by atoms with E-state index in [1.165, 1.54) is 6.92 Å². The number of nitrogens with zero attached hydrogens (tertiary/aromatic N) is 1. The van der Waals surface area contributed by atoms with E-state index in [1.807, 2.05) is 0 Å². The fraction of sp³-hybridized carbons (Fsp3) is 0.250. The summed E-state index contributed by atoms with van der Waals surface area (Å²) in [6, 6.07) is 5.69. The van der Waals surface area contributed by atoms with Crippen LogP contribution in [0.25, 0.3) is 0 Å². The smallest absolute Gasteiger partial charge is 0.251 e. The van der Waals surface area contributed by atoms with Crippen molar-refractivity contribution in [1.29, 1.82) is 0 Å².